The third kappa shape index (κ3) is 6.06. The monoisotopic (exact) mass is 505 g/mol. The van der Waals surface area contributed by atoms with Gasteiger partial charge in [0.25, 0.3) is 0 Å². The number of carbonyl (C=O) groups is 2. The molecule has 0 saturated carbocycles. The lowest BCUT2D eigenvalue weighted by atomic mass is 10.0. The smallest absolute Gasteiger partial charge is 0.410 e. The van der Waals surface area contributed by atoms with Gasteiger partial charge in [0, 0.05) is 37.4 Å². The minimum atomic E-state index is -0.567. The van der Waals surface area contributed by atoms with Gasteiger partial charge in [0.1, 0.15) is 5.60 Å². The summed E-state index contributed by atoms with van der Waals surface area (Å²) in [6.45, 7) is 15.1. The lowest BCUT2D eigenvalue weighted by Crippen LogP contribution is -2.41. The molecule has 1 saturated heterocycles. The molecule has 3 aromatic rings. The summed E-state index contributed by atoms with van der Waals surface area (Å²) in [7, 11) is 0. The molecular formula is C29H39N5O3. The number of ether oxygens (including phenoxy) is 1. The van der Waals surface area contributed by atoms with Crippen LogP contribution in [-0.2, 0) is 16.1 Å². The Morgan fingerprint density at radius 1 is 1.14 bits per heavy atom. The average molecular weight is 506 g/mol. The van der Waals surface area contributed by atoms with E-state index in [0.29, 0.717) is 18.8 Å². The Kier molecular flexibility index (Phi) is 7.48. The van der Waals surface area contributed by atoms with Gasteiger partial charge >= 0.3 is 6.09 Å². The number of hydrogen-bond donors (Lipinski definition) is 2. The zero-order valence-corrected chi connectivity index (χ0v) is 23.1. The van der Waals surface area contributed by atoms with E-state index in [0.717, 1.165) is 35.6 Å². The molecule has 1 aliphatic heterocycles. The topological polar surface area (TPSA) is 88.0 Å². The van der Waals surface area contributed by atoms with Crippen molar-refractivity contribution in [3.8, 4) is 0 Å². The number of fused-ring (bicyclic) bond motifs is 1. The number of nitrogens with zero attached hydrogens (tertiary/aromatic N) is 3. The number of benzene rings is 1. The summed E-state index contributed by atoms with van der Waals surface area (Å²) in [6, 6.07) is 8.07. The lowest BCUT2D eigenvalue weighted by molar-refractivity contribution is -0.117. The van der Waals surface area contributed by atoms with Crippen molar-refractivity contribution in [1.29, 1.82) is 0 Å². The number of likely N-dealkylation sites (tertiary alicyclic amines) is 1. The molecule has 1 fully saturated rings. The van der Waals surface area contributed by atoms with Gasteiger partial charge < -0.3 is 24.7 Å². The quantitative estimate of drug-likeness (QED) is 0.435. The van der Waals surface area contributed by atoms with Crippen molar-refractivity contribution in [1.82, 2.24) is 14.3 Å². The van der Waals surface area contributed by atoms with E-state index < -0.39 is 5.60 Å². The van der Waals surface area contributed by atoms with Crippen LogP contribution in [0.3, 0.4) is 0 Å². The molecule has 1 atom stereocenters. The molecular weight excluding hydrogens is 466 g/mol. The number of aromatic nitrogens is 2. The molecule has 3 heterocycles. The van der Waals surface area contributed by atoms with Crippen LogP contribution in [0.25, 0.3) is 5.65 Å². The summed E-state index contributed by atoms with van der Waals surface area (Å²) in [4.78, 5) is 32.2. The molecule has 1 aromatic carbocycles. The summed E-state index contributed by atoms with van der Waals surface area (Å²) in [5.74, 6) is -0.130. The molecule has 37 heavy (non-hydrogen) atoms. The molecule has 2 aromatic heterocycles. The highest BCUT2D eigenvalue weighted by molar-refractivity contribution is 5.92. The third-order valence-corrected chi connectivity index (χ3v) is 7.01. The van der Waals surface area contributed by atoms with Gasteiger partial charge in [-0.25, -0.2) is 9.78 Å². The van der Waals surface area contributed by atoms with Crippen LogP contribution >= 0.6 is 0 Å². The zero-order valence-electron chi connectivity index (χ0n) is 23.1. The molecule has 1 aliphatic rings. The number of nitrogens with one attached hydrogen (secondary N) is 2. The molecule has 0 aliphatic carbocycles. The van der Waals surface area contributed by atoms with Crippen LogP contribution in [0.2, 0.25) is 0 Å². The van der Waals surface area contributed by atoms with E-state index in [9.17, 15) is 9.59 Å². The first-order valence-electron chi connectivity index (χ1n) is 13.0. The average Bonchev–Trinajstić information content (AvgIpc) is 3.37. The Morgan fingerprint density at radius 2 is 1.84 bits per heavy atom. The maximum Gasteiger partial charge on any atom is 0.410 e. The van der Waals surface area contributed by atoms with Gasteiger partial charge in [-0.1, -0.05) is 18.2 Å². The van der Waals surface area contributed by atoms with Crippen molar-refractivity contribution in [3.63, 3.8) is 0 Å². The summed E-state index contributed by atoms with van der Waals surface area (Å²) >= 11 is 0. The number of amides is 2. The second kappa shape index (κ2) is 10.4. The molecule has 0 unspecified atom stereocenters. The van der Waals surface area contributed by atoms with Gasteiger partial charge in [-0.3, -0.25) is 4.79 Å². The fraction of sp³-hybridized carbons (Fsp3) is 0.483. The Hall–Kier alpha value is -3.55. The standard InChI is InChI=1S/C29H39N5O3/c1-18-10-8-11-19(2)24(18)16-30-25-14-22(17-34-21(4)20(3)31-27(25)34)32-26(35)15-23-12-9-13-33(23)28(36)37-29(5,6)7/h8,10-11,14,17,23,30H,9,12-13,15-16H2,1-7H3,(H,32,35)/t23-/m0/s1. The maximum absolute atomic E-state index is 13.1. The number of imidazole rings is 1. The van der Waals surface area contributed by atoms with Crippen LogP contribution in [0.5, 0.6) is 0 Å². The van der Waals surface area contributed by atoms with Gasteiger partial charge in [-0.05, 0) is 84.1 Å². The van der Waals surface area contributed by atoms with E-state index in [-0.39, 0.29) is 24.5 Å². The highest BCUT2D eigenvalue weighted by atomic mass is 16.6. The van der Waals surface area contributed by atoms with E-state index in [1.165, 1.54) is 16.7 Å². The van der Waals surface area contributed by atoms with Crippen LogP contribution in [0, 0.1) is 27.7 Å². The molecule has 198 valence electrons. The molecule has 2 amide bonds. The number of pyridine rings is 1. The van der Waals surface area contributed by atoms with E-state index >= 15 is 0 Å². The summed E-state index contributed by atoms with van der Waals surface area (Å²) in [6.07, 6.45) is 3.43. The second-order valence-electron chi connectivity index (χ2n) is 11.1. The molecule has 8 nitrogen and oxygen atoms in total. The van der Waals surface area contributed by atoms with Gasteiger partial charge in [0.15, 0.2) is 5.65 Å². The number of anilines is 2. The van der Waals surface area contributed by atoms with E-state index in [1.807, 2.05) is 51.3 Å². The van der Waals surface area contributed by atoms with Crippen molar-refractivity contribution >= 4 is 29.0 Å². The highest BCUT2D eigenvalue weighted by Gasteiger charge is 2.33. The fourth-order valence-corrected chi connectivity index (χ4v) is 4.92. The van der Waals surface area contributed by atoms with Crippen LogP contribution in [0.4, 0.5) is 16.2 Å². The van der Waals surface area contributed by atoms with Gasteiger partial charge in [0.2, 0.25) is 5.91 Å². The Bertz CT molecular complexity index is 1300. The first-order chi connectivity index (χ1) is 17.4. The molecule has 0 bridgehead atoms. The molecule has 0 radical (unpaired) electrons. The van der Waals surface area contributed by atoms with Crippen LogP contribution in [0.15, 0.2) is 30.5 Å². The summed E-state index contributed by atoms with van der Waals surface area (Å²) in [5, 5.41) is 6.61. The molecule has 4 rings (SSSR count). The van der Waals surface area contributed by atoms with E-state index in [2.05, 4.69) is 42.7 Å². The van der Waals surface area contributed by atoms with Crippen molar-refractivity contribution in [2.45, 2.75) is 85.9 Å². The normalized spacial score (nSPS) is 15.8. The summed E-state index contributed by atoms with van der Waals surface area (Å²) < 4.78 is 7.56. The predicted molar refractivity (Wildman–Crippen MR) is 147 cm³/mol. The van der Waals surface area contributed by atoms with Crippen molar-refractivity contribution in [2.24, 2.45) is 0 Å². The molecule has 8 heteroatoms. The Morgan fingerprint density at radius 3 is 2.51 bits per heavy atom. The number of aryl methyl sites for hydroxylation is 4. The second-order valence-corrected chi connectivity index (χ2v) is 11.1. The van der Waals surface area contributed by atoms with E-state index in [4.69, 9.17) is 9.72 Å². The lowest BCUT2D eigenvalue weighted by Gasteiger charge is -2.28. The van der Waals surface area contributed by atoms with E-state index in [1.54, 1.807) is 4.90 Å². The Labute approximate surface area is 219 Å². The van der Waals surface area contributed by atoms with Gasteiger partial charge in [-0.2, -0.15) is 0 Å². The first kappa shape index (κ1) is 26.5. The maximum atomic E-state index is 13.1. The van der Waals surface area contributed by atoms with Crippen LogP contribution in [-0.4, -0.2) is 44.5 Å². The van der Waals surface area contributed by atoms with Crippen molar-refractivity contribution in [3.05, 3.63) is 58.5 Å². The highest BCUT2D eigenvalue weighted by Crippen LogP contribution is 2.27. The number of rotatable bonds is 6. The number of carbonyl (C=O) groups excluding carboxylic acids is 2. The number of hydrogen-bond acceptors (Lipinski definition) is 5. The van der Waals surface area contributed by atoms with Crippen molar-refractivity contribution < 1.29 is 14.3 Å². The first-order valence-corrected chi connectivity index (χ1v) is 13.0. The largest absolute Gasteiger partial charge is 0.444 e. The molecule has 0 spiro atoms. The van der Waals surface area contributed by atoms with Crippen LogP contribution in [0.1, 0.15) is 68.1 Å². The summed E-state index contributed by atoms with van der Waals surface area (Å²) in [5.41, 5.74) is 7.47. The minimum Gasteiger partial charge on any atom is -0.444 e. The van der Waals surface area contributed by atoms with Crippen LogP contribution < -0.4 is 10.6 Å². The Balaban J connectivity index is 1.52. The zero-order chi connectivity index (χ0) is 26.9. The predicted octanol–water partition coefficient (Wildman–Crippen LogP) is 5.91. The third-order valence-electron chi connectivity index (χ3n) is 7.01. The SMILES string of the molecule is Cc1cccc(C)c1CNc1cc(NC(=O)C[C@@H]2CCCN2C(=O)OC(C)(C)C)cn2c(C)c(C)nc12. The van der Waals surface area contributed by atoms with Gasteiger partial charge in [0.05, 0.1) is 17.1 Å². The molecule has 2 N–H and O–H groups in total. The minimum absolute atomic E-state index is 0.130. The van der Waals surface area contributed by atoms with Gasteiger partial charge in [-0.15, -0.1) is 0 Å². The van der Waals surface area contributed by atoms with Crippen molar-refractivity contribution in [2.75, 3.05) is 17.2 Å². The fourth-order valence-electron chi connectivity index (χ4n) is 4.92.